The van der Waals surface area contributed by atoms with Crippen LogP contribution in [0.3, 0.4) is 0 Å². The van der Waals surface area contributed by atoms with Gasteiger partial charge in [-0.2, -0.15) is 0 Å². The number of nitrogens with one attached hydrogen (secondary N) is 1. The van der Waals surface area contributed by atoms with Gasteiger partial charge in [0.25, 0.3) is 0 Å². The molecule has 4 nitrogen and oxygen atoms in total. The second kappa shape index (κ2) is 5.02. The Bertz CT molecular complexity index is 323. The molecule has 2 aliphatic rings. The van der Waals surface area contributed by atoms with Crippen LogP contribution in [0.2, 0.25) is 0 Å². The van der Waals surface area contributed by atoms with Gasteiger partial charge in [-0.1, -0.05) is 12.8 Å². The van der Waals surface area contributed by atoms with Gasteiger partial charge in [-0.05, 0) is 38.0 Å². The van der Waals surface area contributed by atoms with Crippen LogP contribution in [0.15, 0.2) is 0 Å². The molecule has 2 fully saturated rings. The lowest BCUT2D eigenvalue weighted by atomic mass is 10.1. The minimum Gasteiger partial charge on any atom is -0.328 e. The fourth-order valence-electron chi connectivity index (χ4n) is 2.85. The molecule has 2 saturated carbocycles. The van der Waals surface area contributed by atoms with Crippen molar-refractivity contribution in [3.63, 3.8) is 0 Å². The topological polar surface area (TPSA) is 72.2 Å². The highest BCUT2D eigenvalue weighted by atomic mass is 32.2. The van der Waals surface area contributed by atoms with E-state index in [1.165, 1.54) is 0 Å². The van der Waals surface area contributed by atoms with Gasteiger partial charge in [-0.3, -0.25) is 0 Å². The van der Waals surface area contributed by atoms with Gasteiger partial charge in [0.2, 0.25) is 10.0 Å². The van der Waals surface area contributed by atoms with Crippen molar-refractivity contribution in [3.8, 4) is 0 Å². The van der Waals surface area contributed by atoms with Crippen LogP contribution in [0.4, 0.5) is 0 Å². The molecule has 94 valence electrons. The van der Waals surface area contributed by atoms with Gasteiger partial charge in [0.1, 0.15) is 0 Å². The van der Waals surface area contributed by atoms with E-state index in [4.69, 9.17) is 5.73 Å². The van der Waals surface area contributed by atoms with Crippen molar-refractivity contribution in [2.24, 2.45) is 11.7 Å². The zero-order chi connectivity index (χ0) is 11.6. The minimum absolute atomic E-state index is 0.137. The van der Waals surface area contributed by atoms with E-state index in [0.29, 0.717) is 12.5 Å². The van der Waals surface area contributed by atoms with E-state index >= 15 is 0 Å². The Morgan fingerprint density at radius 1 is 1.12 bits per heavy atom. The highest BCUT2D eigenvalue weighted by molar-refractivity contribution is 7.90. The van der Waals surface area contributed by atoms with E-state index in [1.54, 1.807) is 0 Å². The zero-order valence-corrected chi connectivity index (χ0v) is 10.5. The molecule has 2 rings (SSSR count). The fraction of sp³-hybridized carbons (Fsp3) is 1.00. The molecular formula is C11H22N2O2S. The smallest absolute Gasteiger partial charge is 0.214 e. The molecule has 0 spiro atoms. The summed E-state index contributed by atoms with van der Waals surface area (Å²) in [5, 5.41) is -0.137. The van der Waals surface area contributed by atoms with Gasteiger partial charge in [0.05, 0.1) is 5.25 Å². The van der Waals surface area contributed by atoms with Crippen molar-refractivity contribution in [3.05, 3.63) is 0 Å². The third-order valence-electron chi connectivity index (χ3n) is 3.90. The zero-order valence-electron chi connectivity index (χ0n) is 9.69. The molecule has 0 aromatic rings. The van der Waals surface area contributed by atoms with Crippen LogP contribution >= 0.6 is 0 Å². The maximum absolute atomic E-state index is 11.9. The Morgan fingerprint density at radius 2 is 1.81 bits per heavy atom. The second-order valence-corrected chi connectivity index (χ2v) is 7.28. The SMILES string of the molecule is N[C@@H]1CC[C@H](CNS(=O)(=O)C2CCCC2)C1. The van der Waals surface area contributed by atoms with E-state index in [-0.39, 0.29) is 11.3 Å². The molecule has 0 radical (unpaired) electrons. The largest absolute Gasteiger partial charge is 0.328 e. The van der Waals surface area contributed by atoms with Crippen LogP contribution in [0.1, 0.15) is 44.9 Å². The third-order valence-corrected chi connectivity index (χ3v) is 5.81. The normalized spacial score (nSPS) is 32.3. The number of rotatable bonds is 4. The van der Waals surface area contributed by atoms with Gasteiger partial charge in [-0.25, -0.2) is 13.1 Å². The van der Waals surface area contributed by atoms with Crippen LogP contribution in [-0.4, -0.2) is 26.3 Å². The highest BCUT2D eigenvalue weighted by Gasteiger charge is 2.30. The van der Waals surface area contributed by atoms with Crippen molar-refractivity contribution in [1.29, 1.82) is 0 Å². The molecule has 3 N–H and O–H groups in total. The van der Waals surface area contributed by atoms with E-state index in [0.717, 1.165) is 44.9 Å². The summed E-state index contributed by atoms with van der Waals surface area (Å²) < 4.78 is 26.6. The first-order valence-electron chi connectivity index (χ1n) is 6.32. The molecule has 0 saturated heterocycles. The molecule has 0 aromatic carbocycles. The molecule has 2 aliphatic carbocycles. The molecule has 0 bridgehead atoms. The van der Waals surface area contributed by atoms with E-state index in [1.807, 2.05) is 0 Å². The molecule has 16 heavy (non-hydrogen) atoms. The van der Waals surface area contributed by atoms with Crippen molar-refractivity contribution >= 4 is 10.0 Å². The summed E-state index contributed by atoms with van der Waals surface area (Å²) in [6, 6.07) is 0.279. The minimum atomic E-state index is -3.06. The van der Waals surface area contributed by atoms with Crippen molar-refractivity contribution in [1.82, 2.24) is 4.72 Å². The van der Waals surface area contributed by atoms with Crippen LogP contribution in [0.5, 0.6) is 0 Å². The predicted octanol–water partition coefficient (Wildman–Crippen LogP) is 0.976. The van der Waals surface area contributed by atoms with Gasteiger partial charge < -0.3 is 5.73 Å². The Kier molecular flexibility index (Phi) is 3.87. The first-order valence-corrected chi connectivity index (χ1v) is 7.86. The maximum atomic E-state index is 11.9. The van der Waals surface area contributed by atoms with E-state index < -0.39 is 10.0 Å². The molecule has 0 aliphatic heterocycles. The summed E-state index contributed by atoms with van der Waals surface area (Å²) >= 11 is 0. The molecule has 0 unspecified atom stereocenters. The Labute approximate surface area is 98.0 Å². The van der Waals surface area contributed by atoms with Crippen molar-refractivity contribution in [2.75, 3.05) is 6.54 Å². The van der Waals surface area contributed by atoms with E-state index in [2.05, 4.69) is 4.72 Å². The summed E-state index contributed by atoms with van der Waals surface area (Å²) in [6.45, 7) is 0.590. The van der Waals surface area contributed by atoms with Gasteiger partial charge in [-0.15, -0.1) is 0 Å². The van der Waals surface area contributed by atoms with Gasteiger partial charge in [0, 0.05) is 12.6 Å². The highest BCUT2D eigenvalue weighted by Crippen LogP contribution is 2.26. The average Bonchev–Trinajstić information content (AvgIpc) is 2.85. The maximum Gasteiger partial charge on any atom is 0.214 e. The first-order chi connectivity index (χ1) is 7.58. The van der Waals surface area contributed by atoms with Gasteiger partial charge >= 0.3 is 0 Å². The molecule has 0 aromatic heterocycles. The average molecular weight is 246 g/mol. The van der Waals surface area contributed by atoms with Crippen molar-refractivity contribution in [2.45, 2.75) is 56.2 Å². The summed E-state index contributed by atoms with van der Waals surface area (Å²) in [7, 11) is -3.06. The Morgan fingerprint density at radius 3 is 2.38 bits per heavy atom. The molecule has 2 atom stereocenters. The molecule has 0 heterocycles. The lowest BCUT2D eigenvalue weighted by molar-refractivity contribution is 0.506. The summed E-state index contributed by atoms with van der Waals surface area (Å²) in [5.74, 6) is 0.450. The molecule has 5 heteroatoms. The van der Waals surface area contributed by atoms with Gasteiger partial charge in [0.15, 0.2) is 0 Å². The lowest BCUT2D eigenvalue weighted by Crippen LogP contribution is -2.35. The summed E-state index contributed by atoms with van der Waals surface area (Å²) in [5.41, 5.74) is 5.81. The number of sulfonamides is 1. The monoisotopic (exact) mass is 246 g/mol. The predicted molar refractivity (Wildman–Crippen MR) is 64.5 cm³/mol. The number of hydrogen-bond acceptors (Lipinski definition) is 3. The standard InChI is InChI=1S/C11H22N2O2S/c12-10-6-5-9(7-10)8-13-16(14,15)11-3-1-2-4-11/h9-11,13H,1-8,12H2/t9-,10+/m0/s1. The summed E-state index contributed by atoms with van der Waals surface area (Å²) in [6.07, 6.45) is 6.84. The number of nitrogens with two attached hydrogens (primary N) is 1. The van der Waals surface area contributed by atoms with Crippen LogP contribution in [0, 0.1) is 5.92 Å². The molecular weight excluding hydrogens is 224 g/mol. The third kappa shape index (κ3) is 2.96. The summed E-state index contributed by atoms with van der Waals surface area (Å²) in [4.78, 5) is 0. The number of hydrogen-bond donors (Lipinski definition) is 2. The fourth-order valence-corrected chi connectivity index (χ4v) is 4.51. The second-order valence-electron chi connectivity index (χ2n) is 5.24. The first kappa shape index (κ1) is 12.3. The Hall–Kier alpha value is -0.130. The van der Waals surface area contributed by atoms with Crippen LogP contribution in [-0.2, 0) is 10.0 Å². The molecule has 0 amide bonds. The van der Waals surface area contributed by atoms with E-state index in [9.17, 15) is 8.42 Å². The van der Waals surface area contributed by atoms with Crippen molar-refractivity contribution < 1.29 is 8.42 Å². The Balaban J connectivity index is 1.80. The lowest BCUT2D eigenvalue weighted by Gasteiger charge is -2.15. The quantitative estimate of drug-likeness (QED) is 0.776. The van der Waals surface area contributed by atoms with Crippen LogP contribution < -0.4 is 10.5 Å². The van der Waals surface area contributed by atoms with Crippen LogP contribution in [0.25, 0.3) is 0 Å².